The second-order valence-corrected chi connectivity index (χ2v) is 5.35. The first kappa shape index (κ1) is 24.2. The minimum Gasteiger partial charge on any atom is -0.367 e. The Labute approximate surface area is 151 Å². The van der Waals surface area contributed by atoms with Crippen LogP contribution >= 0.6 is 0 Å². The molecule has 0 aliphatic heterocycles. The van der Waals surface area contributed by atoms with Crippen molar-refractivity contribution >= 4 is 0 Å². The third-order valence-electron chi connectivity index (χ3n) is 4.21. The summed E-state index contributed by atoms with van der Waals surface area (Å²) in [5, 5.41) is 0. The van der Waals surface area contributed by atoms with Crippen LogP contribution in [0.1, 0.15) is 25.7 Å². The smallest absolute Gasteiger partial charge is 0.282 e. The molecule has 0 rings (SSSR count). The predicted molar refractivity (Wildman–Crippen MR) is 95.0 cm³/mol. The summed E-state index contributed by atoms with van der Waals surface area (Å²) >= 11 is 0. The zero-order chi connectivity index (χ0) is 19.3. The first-order valence-electron chi connectivity index (χ1n) is 8.15. The Hall–Kier alpha value is -0.800. The summed E-state index contributed by atoms with van der Waals surface area (Å²) in [5.74, 6) is -2.18. The fraction of sp³-hybridized carbons (Fsp3) is 0.778. The minimum atomic E-state index is -1.09. The van der Waals surface area contributed by atoms with Crippen molar-refractivity contribution in [3.63, 3.8) is 0 Å². The number of hydrogen-bond donors (Lipinski definition) is 0. The van der Waals surface area contributed by atoms with Gasteiger partial charge in [-0.05, 0) is 12.8 Å². The zero-order valence-electron chi connectivity index (χ0n) is 16.4. The lowest BCUT2D eigenvalue weighted by Gasteiger charge is -2.31. The number of hydrogen-bond acceptors (Lipinski definition) is 7. The van der Waals surface area contributed by atoms with Crippen molar-refractivity contribution in [2.75, 3.05) is 42.7 Å². The Balaban J connectivity index is 4.70. The van der Waals surface area contributed by atoms with Gasteiger partial charge < -0.3 is 33.2 Å². The van der Waals surface area contributed by atoms with Gasteiger partial charge in [0.05, 0.1) is 12.2 Å². The maximum atomic E-state index is 6.04. The first-order valence-corrected chi connectivity index (χ1v) is 8.15. The maximum absolute atomic E-state index is 6.04. The van der Waals surface area contributed by atoms with E-state index >= 15 is 0 Å². The number of methoxy groups -OCH3 is 6. The molecule has 0 aromatic rings. The van der Waals surface area contributed by atoms with E-state index in [4.69, 9.17) is 33.2 Å². The van der Waals surface area contributed by atoms with Gasteiger partial charge in [-0.15, -0.1) is 13.2 Å². The van der Waals surface area contributed by atoms with Crippen molar-refractivity contribution in [2.45, 2.75) is 49.8 Å². The molecule has 0 aliphatic rings. The van der Waals surface area contributed by atoms with Crippen molar-refractivity contribution in [3.05, 3.63) is 25.3 Å². The third kappa shape index (κ3) is 7.53. The summed E-state index contributed by atoms with van der Waals surface area (Å²) in [6, 6.07) is 0. The van der Waals surface area contributed by atoms with Crippen LogP contribution < -0.4 is 0 Å². The van der Waals surface area contributed by atoms with Crippen LogP contribution in [0.5, 0.6) is 0 Å². The Morgan fingerprint density at radius 2 is 0.920 bits per heavy atom. The summed E-state index contributed by atoms with van der Waals surface area (Å²) in [6.07, 6.45) is 5.21. The largest absolute Gasteiger partial charge is 0.367 e. The average Bonchev–Trinajstić information content (AvgIpc) is 2.68. The van der Waals surface area contributed by atoms with Gasteiger partial charge in [-0.2, -0.15) is 0 Å². The van der Waals surface area contributed by atoms with Crippen LogP contribution in [0.3, 0.4) is 0 Å². The zero-order valence-corrected chi connectivity index (χ0v) is 16.4. The van der Waals surface area contributed by atoms with Gasteiger partial charge in [0.25, 0.3) is 11.9 Å². The molecule has 0 aliphatic carbocycles. The molecule has 0 saturated heterocycles. The van der Waals surface area contributed by atoms with Gasteiger partial charge >= 0.3 is 0 Å². The molecular formula is C18H34O7. The molecule has 0 aromatic heterocycles. The Morgan fingerprint density at radius 1 is 0.640 bits per heavy atom. The van der Waals surface area contributed by atoms with E-state index in [0.29, 0.717) is 25.7 Å². The van der Waals surface area contributed by atoms with E-state index in [2.05, 4.69) is 13.2 Å². The standard InChI is InChI=1S/C18H34O7/c1-9-15(11-13-17(19-3,20-4)21-5)25-16(10-2)12-14-18(22-6,23-7)24-8/h9-10,15-16H,1-2,11-14H2,3-8H3. The number of ether oxygens (including phenoxy) is 7. The van der Waals surface area contributed by atoms with Crippen LogP contribution in [-0.2, 0) is 33.2 Å². The van der Waals surface area contributed by atoms with Gasteiger partial charge in [0.1, 0.15) is 0 Å². The van der Waals surface area contributed by atoms with Gasteiger partial charge in [-0.25, -0.2) is 0 Å². The molecule has 0 saturated carbocycles. The summed E-state index contributed by atoms with van der Waals surface area (Å²) < 4.78 is 37.8. The van der Waals surface area contributed by atoms with E-state index in [1.165, 1.54) is 42.7 Å². The monoisotopic (exact) mass is 362 g/mol. The van der Waals surface area contributed by atoms with E-state index in [1.807, 2.05) is 0 Å². The Bertz CT molecular complexity index is 314. The van der Waals surface area contributed by atoms with Crippen LogP contribution in [0.2, 0.25) is 0 Å². The molecule has 148 valence electrons. The lowest BCUT2D eigenvalue weighted by atomic mass is 10.1. The molecule has 0 amide bonds. The maximum Gasteiger partial charge on any atom is 0.282 e. The lowest BCUT2D eigenvalue weighted by molar-refractivity contribution is -0.357. The SMILES string of the molecule is C=CC(CCC(OC)(OC)OC)OC(C=C)CCC(OC)(OC)OC. The third-order valence-corrected chi connectivity index (χ3v) is 4.21. The summed E-state index contributed by atoms with van der Waals surface area (Å²) in [5.41, 5.74) is 0. The first-order chi connectivity index (χ1) is 11.9. The van der Waals surface area contributed by atoms with Crippen LogP contribution in [0.15, 0.2) is 25.3 Å². The van der Waals surface area contributed by atoms with Gasteiger partial charge in [0, 0.05) is 55.5 Å². The average molecular weight is 362 g/mol. The second-order valence-electron chi connectivity index (χ2n) is 5.35. The normalized spacial score (nSPS) is 15.0. The van der Waals surface area contributed by atoms with Gasteiger partial charge in [-0.3, -0.25) is 0 Å². The quantitative estimate of drug-likeness (QED) is 0.309. The molecule has 0 aromatic carbocycles. The van der Waals surface area contributed by atoms with Crippen LogP contribution in [0.25, 0.3) is 0 Å². The Kier molecular flexibility index (Phi) is 12.1. The summed E-state index contributed by atoms with van der Waals surface area (Å²) in [7, 11) is 9.19. The van der Waals surface area contributed by atoms with Crippen molar-refractivity contribution in [3.8, 4) is 0 Å². The van der Waals surface area contributed by atoms with Crippen molar-refractivity contribution in [1.29, 1.82) is 0 Å². The molecule has 0 spiro atoms. The highest BCUT2D eigenvalue weighted by molar-refractivity contribution is 4.87. The van der Waals surface area contributed by atoms with Crippen LogP contribution in [0.4, 0.5) is 0 Å². The molecule has 2 atom stereocenters. The van der Waals surface area contributed by atoms with Crippen LogP contribution in [0, 0.1) is 0 Å². The lowest BCUT2D eigenvalue weighted by Crippen LogP contribution is -2.38. The number of rotatable bonds is 16. The molecule has 0 bridgehead atoms. The molecule has 7 heteroatoms. The van der Waals surface area contributed by atoms with Crippen molar-refractivity contribution in [1.82, 2.24) is 0 Å². The fourth-order valence-electron chi connectivity index (χ4n) is 2.46. The topological polar surface area (TPSA) is 64.6 Å². The van der Waals surface area contributed by atoms with Gasteiger partial charge in [-0.1, -0.05) is 12.2 Å². The Morgan fingerprint density at radius 3 is 1.12 bits per heavy atom. The molecule has 7 nitrogen and oxygen atoms in total. The highest BCUT2D eigenvalue weighted by Gasteiger charge is 2.32. The summed E-state index contributed by atoms with van der Waals surface area (Å²) in [4.78, 5) is 0. The van der Waals surface area contributed by atoms with Crippen molar-refractivity contribution in [2.24, 2.45) is 0 Å². The molecule has 0 fully saturated rings. The molecule has 0 N–H and O–H groups in total. The predicted octanol–water partition coefficient (Wildman–Crippen LogP) is 2.86. The van der Waals surface area contributed by atoms with Gasteiger partial charge in [0.15, 0.2) is 0 Å². The van der Waals surface area contributed by atoms with E-state index in [9.17, 15) is 0 Å². The molecular weight excluding hydrogens is 328 g/mol. The second kappa shape index (κ2) is 12.5. The van der Waals surface area contributed by atoms with E-state index < -0.39 is 11.9 Å². The van der Waals surface area contributed by atoms with Crippen molar-refractivity contribution < 1.29 is 33.2 Å². The fourth-order valence-corrected chi connectivity index (χ4v) is 2.46. The van der Waals surface area contributed by atoms with Gasteiger partial charge in [0.2, 0.25) is 0 Å². The van der Waals surface area contributed by atoms with E-state index in [-0.39, 0.29) is 12.2 Å². The minimum absolute atomic E-state index is 0.218. The molecule has 25 heavy (non-hydrogen) atoms. The van der Waals surface area contributed by atoms with E-state index in [0.717, 1.165) is 0 Å². The highest BCUT2D eigenvalue weighted by atomic mass is 16.9. The molecule has 2 unspecified atom stereocenters. The molecule has 0 heterocycles. The van der Waals surface area contributed by atoms with E-state index in [1.54, 1.807) is 12.2 Å². The van der Waals surface area contributed by atoms with Crippen LogP contribution in [-0.4, -0.2) is 66.8 Å². The molecule has 0 radical (unpaired) electrons. The highest BCUT2D eigenvalue weighted by Crippen LogP contribution is 2.25. The summed E-state index contributed by atoms with van der Waals surface area (Å²) in [6.45, 7) is 7.66.